The van der Waals surface area contributed by atoms with Gasteiger partial charge in [0.25, 0.3) is 0 Å². The highest BCUT2D eigenvalue weighted by atomic mass is 79.9. The molecule has 1 heterocycles. The van der Waals surface area contributed by atoms with Crippen molar-refractivity contribution in [2.75, 3.05) is 5.45 Å². The van der Waals surface area contributed by atoms with Crippen LogP contribution in [0.15, 0.2) is 18.5 Å². The Morgan fingerprint density at radius 3 is 3.11 bits per heavy atom. The van der Waals surface area contributed by atoms with Crippen LogP contribution in [0.5, 0.6) is 0 Å². The van der Waals surface area contributed by atoms with Gasteiger partial charge >= 0.3 is 0 Å². The van der Waals surface area contributed by atoms with Gasteiger partial charge < -0.3 is 10.3 Å². The lowest BCUT2D eigenvalue weighted by atomic mass is 10.3. The molecule has 0 unspecified atom stereocenters. The normalized spacial score (nSPS) is 9.89. The van der Waals surface area contributed by atoms with Crippen molar-refractivity contribution in [3.63, 3.8) is 0 Å². The zero-order valence-electron chi connectivity index (χ0n) is 5.02. The zero-order valence-corrected chi connectivity index (χ0v) is 6.61. The Morgan fingerprint density at radius 1 is 1.67 bits per heavy atom. The number of halogens is 1. The fraction of sp³-hybridized carbons (Fsp3) is 0.333. The maximum atomic E-state index is 3.27. The highest BCUT2D eigenvalue weighted by Crippen LogP contribution is 1.94. The van der Waals surface area contributed by atoms with Crippen LogP contribution < -0.4 is 5.32 Å². The molecule has 0 radical (unpaired) electrons. The highest BCUT2D eigenvalue weighted by Gasteiger charge is 1.87. The number of H-pyrrole nitrogens is 1. The predicted molar refractivity (Wildman–Crippen MR) is 41.4 cm³/mol. The predicted octanol–water partition coefficient (Wildman–Crippen LogP) is 1.46. The molecule has 1 rings (SSSR count). The summed E-state index contributed by atoms with van der Waals surface area (Å²) in [4.78, 5) is 2.98. The van der Waals surface area contributed by atoms with E-state index in [0.717, 1.165) is 12.0 Å². The fourth-order valence-electron chi connectivity index (χ4n) is 0.660. The van der Waals surface area contributed by atoms with Gasteiger partial charge in [-0.25, -0.2) is 0 Å². The van der Waals surface area contributed by atoms with Gasteiger partial charge in [-0.05, 0) is 11.6 Å². The van der Waals surface area contributed by atoms with Gasteiger partial charge in [-0.3, -0.25) is 0 Å². The average Bonchev–Trinajstić information content (AvgIpc) is 2.34. The minimum absolute atomic E-state index is 0.845. The van der Waals surface area contributed by atoms with Gasteiger partial charge in [0.1, 0.15) is 0 Å². The van der Waals surface area contributed by atoms with E-state index in [2.05, 4.69) is 32.3 Å². The third-order valence-electron chi connectivity index (χ3n) is 1.09. The van der Waals surface area contributed by atoms with Gasteiger partial charge in [-0.1, -0.05) is 15.9 Å². The van der Waals surface area contributed by atoms with Crippen molar-refractivity contribution in [2.24, 2.45) is 0 Å². The molecule has 0 saturated heterocycles. The Morgan fingerprint density at radius 2 is 2.56 bits per heavy atom. The number of aromatic nitrogens is 1. The van der Waals surface area contributed by atoms with Crippen molar-refractivity contribution in [1.29, 1.82) is 0 Å². The molecule has 2 N–H and O–H groups in total. The van der Waals surface area contributed by atoms with Crippen LogP contribution in [0.2, 0.25) is 0 Å². The molecule has 0 fully saturated rings. The van der Waals surface area contributed by atoms with Crippen molar-refractivity contribution >= 4 is 15.9 Å². The standard InChI is InChI=1S/C6H9BrN2/c7-5-9-4-6-1-2-8-3-6/h1-3,8-9H,4-5H2. The van der Waals surface area contributed by atoms with Crippen molar-refractivity contribution in [1.82, 2.24) is 10.3 Å². The molecule has 3 heteroatoms. The van der Waals surface area contributed by atoms with Crippen LogP contribution in [-0.4, -0.2) is 10.4 Å². The lowest BCUT2D eigenvalue weighted by Gasteiger charge is -1.93. The molecule has 0 saturated carbocycles. The van der Waals surface area contributed by atoms with E-state index in [1.165, 1.54) is 5.56 Å². The maximum absolute atomic E-state index is 3.27. The number of aromatic amines is 1. The van der Waals surface area contributed by atoms with Gasteiger partial charge in [0.2, 0.25) is 0 Å². The molecule has 1 aromatic rings. The summed E-state index contributed by atoms with van der Waals surface area (Å²) in [5, 5.41) is 3.15. The summed E-state index contributed by atoms with van der Waals surface area (Å²) < 4.78 is 0. The Labute approximate surface area is 62.8 Å². The Kier molecular flexibility index (Phi) is 2.80. The second-order valence-corrected chi connectivity index (χ2v) is 2.34. The monoisotopic (exact) mass is 188 g/mol. The van der Waals surface area contributed by atoms with Gasteiger partial charge in [0, 0.05) is 18.9 Å². The van der Waals surface area contributed by atoms with Crippen LogP contribution >= 0.6 is 15.9 Å². The summed E-state index contributed by atoms with van der Waals surface area (Å²) in [6, 6.07) is 2.05. The first-order valence-corrected chi connectivity index (χ1v) is 3.94. The Balaban J connectivity index is 2.30. The highest BCUT2D eigenvalue weighted by molar-refractivity contribution is 9.09. The molecular weight excluding hydrogens is 180 g/mol. The topological polar surface area (TPSA) is 27.8 Å². The van der Waals surface area contributed by atoms with Crippen molar-refractivity contribution in [3.05, 3.63) is 24.0 Å². The van der Waals surface area contributed by atoms with E-state index in [-0.39, 0.29) is 0 Å². The van der Waals surface area contributed by atoms with E-state index in [1.54, 1.807) is 0 Å². The average molecular weight is 189 g/mol. The third-order valence-corrected chi connectivity index (χ3v) is 1.48. The Hall–Kier alpha value is -0.280. The summed E-state index contributed by atoms with van der Waals surface area (Å²) in [6.07, 6.45) is 3.90. The number of hydrogen-bond acceptors (Lipinski definition) is 1. The minimum Gasteiger partial charge on any atom is -0.367 e. The van der Waals surface area contributed by atoms with Gasteiger partial charge in [-0.2, -0.15) is 0 Å². The fourth-order valence-corrected chi connectivity index (χ4v) is 0.858. The molecule has 0 aliphatic heterocycles. The first-order chi connectivity index (χ1) is 4.43. The first-order valence-electron chi connectivity index (χ1n) is 2.82. The van der Waals surface area contributed by atoms with Crippen LogP contribution in [0.25, 0.3) is 0 Å². The van der Waals surface area contributed by atoms with Crippen LogP contribution in [0, 0.1) is 0 Å². The van der Waals surface area contributed by atoms with E-state index < -0.39 is 0 Å². The van der Waals surface area contributed by atoms with Crippen molar-refractivity contribution < 1.29 is 0 Å². The van der Waals surface area contributed by atoms with Crippen molar-refractivity contribution in [2.45, 2.75) is 6.54 Å². The largest absolute Gasteiger partial charge is 0.367 e. The number of rotatable bonds is 3. The lowest BCUT2D eigenvalue weighted by Crippen LogP contribution is -2.08. The number of hydrogen-bond donors (Lipinski definition) is 2. The summed E-state index contributed by atoms with van der Waals surface area (Å²) in [5.74, 6) is 0. The molecule has 0 spiro atoms. The van der Waals surface area contributed by atoms with E-state index in [0.29, 0.717) is 0 Å². The molecular formula is C6H9BrN2. The summed E-state index contributed by atoms with van der Waals surface area (Å²) in [6.45, 7) is 0.925. The molecule has 0 bridgehead atoms. The molecule has 0 amide bonds. The molecule has 1 aromatic heterocycles. The van der Waals surface area contributed by atoms with E-state index in [1.807, 2.05) is 12.4 Å². The van der Waals surface area contributed by atoms with E-state index in [9.17, 15) is 0 Å². The summed E-state index contributed by atoms with van der Waals surface area (Å²) >= 11 is 3.27. The number of alkyl halides is 1. The quantitative estimate of drug-likeness (QED) is 0.546. The lowest BCUT2D eigenvalue weighted by molar-refractivity contribution is 0.803. The molecule has 9 heavy (non-hydrogen) atoms. The third kappa shape index (κ3) is 2.20. The molecule has 2 nitrogen and oxygen atoms in total. The second-order valence-electron chi connectivity index (χ2n) is 1.78. The van der Waals surface area contributed by atoms with Gasteiger partial charge in [0.05, 0.1) is 5.45 Å². The molecule has 0 aliphatic carbocycles. The molecule has 50 valence electrons. The second kappa shape index (κ2) is 3.69. The Bertz CT molecular complexity index is 148. The summed E-state index contributed by atoms with van der Waals surface area (Å²) in [5.41, 5.74) is 2.13. The molecule has 0 aromatic carbocycles. The summed E-state index contributed by atoms with van der Waals surface area (Å²) in [7, 11) is 0. The first kappa shape index (κ1) is 6.83. The van der Waals surface area contributed by atoms with Crippen LogP contribution in [0.1, 0.15) is 5.56 Å². The number of nitrogens with one attached hydrogen (secondary N) is 2. The van der Waals surface area contributed by atoms with E-state index >= 15 is 0 Å². The van der Waals surface area contributed by atoms with E-state index in [4.69, 9.17) is 0 Å². The SMILES string of the molecule is BrCNCc1cc[nH]c1. The minimum atomic E-state index is 0.845. The van der Waals surface area contributed by atoms with Crippen LogP contribution in [-0.2, 0) is 6.54 Å². The van der Waals surface area contributed by atoms with Crippen molar-refractivity contribution in [3.8, 4) is 0 Å². The maximum Gasteiger partial charge on any atom is 0.0519 e. The van der Waals surface area contributed by atoms with Crippen LogP contribution in [0.4, 0.5) is 0 Å². The smallest absolute Gasteiger partial charge is 0.0519 e. The van der Waals surface area contributed by atoms with Crippen LogP contribution in [0.3, 0.4) is 0 Å². The zero-order chi connectivity index (χ0) is 6.53. The van der Waals surface area contributed by atoms with Gasteiger partial charge in [-0.15, -0.1) is 0 Å². The molecule has 0 aliphatic rings. The molecule has 0 atom stereocenters. The van der Waals surface area contributed by atoms with Gasteiger partial charge in [0.15, 0.2) is 0 Å².